The van der Waals surface area contributed by atoms with E-state index in [1.54, 1.807) is 0 Å². The number of nitrogens with zero attached hydrogens (tertiary/aromatic N) is 1. The van der Waals surface area contributed by atoms with Crippen molar-refractivity contribution in [1.82, 2.24) is 5.01 Å². The lowest BCUT2D eigenvalue weighted by atomic mass is 9.76. The highest BCUT2D eigenvalue weighted by Gasteiger charge is 2.33. The summed E-state index contributed by atoms with van der Waals surface area (Å²) in [5.74, 6) is 5.72. The van der Waals surface area contributed by atoms with Crippen LogP contribution in [-0.4, -0.2) is 10.9 Å². The van der Waals surface area contributed by atoms with Crippen LogP contribution in [0.3, 0.4) is 0 Å². The van der Waals surface area contributed by atoms with Crippen LogP contribution in [0.4, 0.5) is 0 Å². The van der Waals surface area contributed by atoms with Crippen molar-refractivity contribution in [2.75, 3.05) is 0 Å². The van der Waals surface area contributed by atoms with Gasteiger partial charge in [0, 0.05) is 5.92 Å². The highest BCUT2D eigenvalue weighted by molar-refractivity contribution is 5.79. The second-order valence-corrected chi connectivity index (χ2v) is 6.68. The number of benzene rings is 2. The number of hydrogen-bond donors (Lipinski definition) is 1. The van der Waals surface area contributed by atoms with Crippen molar-refractivity contribution in [3.8, 4) is 0 Å². The lowest BCUT2D eigenvalue weighted by Gasteiger charge is -2.32. The smallest absolute Gasteiger partial charge is 0.240 e. The lowest BCUT2D eigenvalue weighted by Crippen LogP contribution is -2.45. The molecule has 0 fully saturated rings. The lowest BCUT2D eigenvalue weighted by molar-refractivity contribution is -0.139. The fourth-order valence-corrected chi connectivity index (χ4v) is 2.61. The van der Waals surface area contributed by atoms with Gasteiger partial charge < -0.3 is 0 Å². The molecule has 0 spiro atoms. The molecule has 23 heavy (non-hydrogen) atoms. The first-order chi connectivity index (χ1) is 10.9. The molecule has 3 heteroatoms. The van der Waals surface area contributed by atoms with E-state index < -0.39 is 5.41 Å². The summed E-state index contributed by atoms with van der Waals surface area (Å²) in [6, 6.07) is 19.8. The van der Waals surface area contributed by atoms with Crippen molar-refractivity contribution in [2.24, 2.45) is 17.2 Å². The summed E-state index contributed by atoms with van der Waals surface area (Å²) in [6.07, 6.45) is 0.638. The van der Waals surface area contributed by atoms with Gasteiger partial charge in [-0.3, -0.25) is 9.80 Å². The summed E-state index contributed by atoms with van der Waals surface area (Å²) in [7, 11) is 0. The quantitative estimate of drug-likeness (QED) is 0.503. The minimum atomic E-state index is -0.402. The number of rotatable bonds is 6. The molecule has 0 aliphatic rings. The summed E-state index contributed by atoms with van der Waals surface area (Å²) in [4.78, 5) is 12.9. The Labute approximate surface area is 139 Å². The maximum absolute atomic E-state index is 12.9. The largest absolute Gasteiger partial charge is 0.276 e. The minimum absolute atomic E-state index is 0.0716. The van der Waals surface area contributed by atoms with Gasteiger partial charge in [0.05, 0.1) is 6.54 Å². The molecule has 1 amide bonds. The van der Waals surface area contributed by atoms with Crippen molar-refractivity contribution in [2.45, 2.75) is 26.8 Å². The molecule has 0 heterocycles. The SMILES string of the molecule is [CH2]C(C)(C)[C@H](Cc1ccccc1)C(=O)N(N)Cc1ccccc1. The first-order valence-electron chi connectivity index (χ1n) is 7.87. The van der Waals surface area contributed by atoms with Crippen LogP contribution in [0.1, 0.15) is 25.0 Å². The van der Waals surface area contributed by atoms with Gasteiger partial charge in [-0.1, -0.05) is 74.5 Å². The Hall–Kier alpha value is -2.13. The Morgan fingerprint density at radius 3 is 2.00 bits per heavy atom. The first-order valence-corrected chi connectivity index (χ1v) is 7.87. The molecule has 0 aliphatic heterocycles. The molecule has 2 aromatic rings. The van der Waals surface area contributed by atoms with E-state index in [1.165, 1.54) is 5.01 Å². The molecule has 3 nitrogen and oxygen atoms in total. The van der Waals surface area contributed by atoms with Gasteiger partial charge in [-0.2, -0.15) is 0 Å². The highest BCUT2D eigenvalue weighted by Crippen LogP contribution is 2.30. The standard InChI is InChI=1S/C20H25N2O/c1-20(2,3)18(14-16-10-6-4-7-11-16)19(23)22(21)15-17-12-8-5-9-13-17/h4-13,18H,1,14-15,21H2,2-3H3/t18-/m1/s1. The first kappa shape index (κ1) is 17.2. The zero-order valence-electron chi connectivity index (χ0n) is 13.9. The molecule has 121 valence electrons. The third-order valence-electron chi connectivity index (χ3n) is 4.00. The molecular formula is C20H25N2O. The Kier molecular flexibility index (Phi) is 5.56. The predicted octanol–water partition coefficient (Wildman–Crippen LogP) is 3.61. The van der Waals surface area contributed by atoms with Crippen LogP contribution in [0.25, 0.3) is 0 Å². The molecule has 0 saturated carbocycles. The fraction of sp³-hybridized carbons (Fsp3) is 0.300. The third kappa shape index (κ3) is 4.93. The molecule has 0 aromatic heterocycles. The predicted molar refractivity (Wildman–Crippen MR) is 94.0 cm³/mol. The van der Waals surface area contributed by atoms with Gasteiger partial charge in [0.1, 0.15) is 0 Å². The number of nitrogens with two attached hydrogens (primary N) is 1. The van der Waals surface area contributed by atoms with E-state index in [0.29, 0.717) is 13.0 Å². The molecule has 1 atom stereocenters. The molecule has 0 unspecified atom stereocenters. The van der Waals surface area contributed by atoms with Gasteiger partial charge in [0.15, 0.2) is 0 Å². The van der Waals surface area contributed by atoms with Crippen LogP contribution in [0.2, 0.25) is 0 Å². The average molecular weight is 309 g/mol. The van der Waals surface area contributed by atoms with Crippen LogP contribution in [0.15, 0.2) is 60.7 Å². The topological polar surface area (TPSA) is 46.3 Å². The van der Waals surface area contributed by atoms with Gasteiger partial charge in [0.2, 0.25) is 5.91 Å². The third-order valence-corrected chi connectivity index (χ3v) is 4.00. The summed E-state index contributed by atoms with van der Waals surface area (Å²) >= 11 is 0. The van der Waals surface area contributed by atoms with Gasteiger partial charge >= 0.3 is 0 Å². The Bertz CT molecular complexity index is 617. The molecule has 0 saturated heterocycles. The van der Waals surface area contributed by atoms with Crippen LogP contribution in [0, 0.1) is 18.3 Å². The van der Waals surface area contributed by atoms with Gasteiger partial charge in [-0.25, -0.2) is 5.84 Å². The van der Waals surface area contributed by atoms with Crippen molar-refractivity contribution < 1.29 is 4.79 Å². The normalized spacial score (nSPS) is 12.7. The van der Waals surface area contributed by atoms with E-state index >= 15 is 0 Å². The second-order valence-electron chi connectivity index (χ2n) is 6.68. The second kappa shape index (κ2) is 7.42. The van der Waals surface area contributed by atoms with Crippen molar-refractivity contribution in [3.63, 3.8) is 0 Å². The van der Waals surface area contributed by atoms with E-state index in [9.17, 15) is 4.79 Å². The maximum Gasteiger partial charge on any atom is 0.240 e. The van der Waals surface area contributed by atoms with Crippen LogP contribution >= 0.6 is 0 Å². The van der Waals surface area contributed by atoms with Gasteiger partial charge in [-0.05, 0) is 29.9 Å². The monoisotopic (exact) mass is 309 g/mol. The molecule has 0 bridgehead atoms. The van der Waals surface area contributed by atoms with E-state index in [-0.39, 0.29) is 11.8 Å². The van der Waals surface area contributed by atoms with E-state index in [4.69, 9.17) is 5.84 Å². The molecule has 2 N–H and O–H groups in total. The molecule has 1 radical (unpaired) electrons. The number of hydrazine groups is 1. The number of carbonyl (C=O) groups is 1. The molecule has 2 aromatic carbocycles. The van der Waals surface area contributed by atoms with E-state index in [1.807, 2.05) is 74.5 Å². The average Bonchev–Trinajstić information content (AvgIpc) is 2.53. The minimum Gasteiger partial charge on any atom is -0.276 e. The van der Waals surface area contributed by atoms with Gasteiger partial charge in [-0.15, -0.1) is 0 Å². The molecule has 2 rings (SSSR count). The Morgan fingerprint density at radius 2 is 1.52 bits per heavy atom. The van der Waals surface area contributed by atoms with Crippen molar-refractivity contribution in [3.05, 3.63) is 78.7 Å². The van der Waals surface area contributed by atoms with Crippen LogP contribution in [0.5, 0.6) is 0 Å². The van der Waals surface area contributed by atoms with Crippen molar-refractivity contribution >= 4 is 5.91 Å². The summed E-state index contributed by atoms with van der Waals surface area (Å²) in [5, 5.41) is 1.32. The molecule has 0 aliphatic carbocycles. The zero-order chi connectivity index (χ0) is 16.9. The Morgan fingerprint density at radius 1 is 1.04 bits per heavy atom. The van der Waals surface area contributed by atoms with E-state index in [0.717, 1.165) is 11.1 Å². The van der Waals surface area contributed by atoms with Crippen LogP contribution in [-0.2, 0) is 17.8 Å². The summed E-state index contributed by atoms with van der Waals surface area (Å²) < 4.78 is 0. The number of amides is 1. The number of hydrogen-bond acceptors (Lipinski definition) is 2. The van der Waals surface area contributed by atoms with Crippen molar-refractivity contribution in [1.29, 1.82) is 0 Å². The Balaban J connectivity index is 2.13. The zero-order valence-corrected chi connectivity index (χ0v) is 13.9. The summed E-state index contributed by atoms with van der Waals surface area (Å²) in [6.45, 7) is 8.54. The highest BCUT2D eigenvalue weighted by atomic mass is 16.2. The summed E-state index contributed by atoms with van der Waals surface area (Å²) in [5.41, 5.74) is 1.74. The fourth-order valence-electron chi connectivity index (χ4n) is 2.61. The van der Waals surface area contributed by atoms with E-state index in [2.05, 4.69) is 6.92 Å². The number of carbonyl (C=O) groups excluding carboxylic acids is 1. The van der Waals surface area contributed by atoms with Crippen LogP contribution < -0.4 is 5.84 Å². The maximum atomic E-state index is 12.9. The van der Waals surface area contributed by atoms with Gasteiger partial charge in [0.25, 0.3) is 0 Å². The molecular weight excluding hydrogens is 284 g/mol.